The molecule has 27 heavy (non-hydrogen) atoms. The van der Waals surface area contributed by atoms with Crippen molar-refractivity contribution in [2.45, 2.75) is 32.6 Å². The van der Waals surface area contributed by atoms with Gasteiger partial charge in [-0.1, -0.05) is 36.4 Å². The van der Waals surface area contributed by atoms with Crippen molar-refractivity contribution in [1.82, 2.24) is 5.43 Å². The normalized spacial score (nSPS) is 22.8. The summed E-state index contributed by atoms with van der Waals surface area (Å²) in [6.45, 7) is 6.30. The molecule has 0 unspecified atom stereocenters. The zero-order chi connectivity index (χ0) is 18.8. The third kappa shape index (κ3) is 3.48. The monoisotopic (exact) mass is 361 g/mol. The van der Waals surface area contributed by atoms with Crippen LogP contribution in [0.5, 0.6) is 0 Å². The predicted octanol–water partition coefficient (Wildman–Crippen LogP) is 3.96. The first-order valence-corrected chi connectivity index (χ1v) is 9.98. The average molecular weight is 361 g/mol. The first kappa shape index (κ1) is 17.8. The molecule has 0 saturated heterocycles. The Hall–Kier alpha value is -2.62. The summed E-state index contributed by atoms with van der Waals surface area (Å²) in [7, 11) is 0. The SMILES string of the molecule is CCN(CC)c1ccc(/C=N\NC(=O)[C@@H]2[C@@H]3CCc4ccccc4[C@@H]32)cc1. The summed E-state index contributed by atoms with van der Waals surface area (Å²) in [5, 5.41) is 4.19. The molecule has 3 atom stereocenters. The average Bonchev–Trinajstić information content (AvgIpc) is 3.45. The van der Waals surface area contributed by atoms with E-state index in [9.17, 15) is 4.79 Å². The van der Waals surface area contributed by atoms with Crippen LogP contribution in [0.3, 0.4) is 0 Å². The maximum atomic E-state index is 12.6. The highest BCUT2D eigenvalue weighted by Gasteiger charge is 2.56. The molecule has 1 fully saturated rings. The molecule has 1 amide bonds. The van der Waals surface area contributed by atoms with Gasteiger partial charge in [-0.15, -0.1) is 0 Å². The van der Waals surface area contributed by atoms with Crippen LogP contribution < -0.4 is 10.3 Å². The number of nitrogens with zero attached hydrogens (tertiary/aromatic N) is 2. The molecule has 2 aromatic carbocycles. The smallest absolute Gasteiger partial charge is 0.244 e. The van der Waals surface area contributed by atoms with E-state index in [1.807, 2.05) is 12.1 Å². The van der Waals surface area contributed by atoms with Gasteiger partial charge in [0.2, 0.25) is 5.91 Å². The number of fused-ring (bicyclic) bond motifs is 3. The van der Waals surface area contributed by atoms with Crippen LogP contribution in [0.15, 0.2) is 53.6 Å². The van der Waals surface area contributed by atoms with Crippen LogP contribution in [0.1, 0.15) is 42.9 Å². The topological polar surface area (TPSA) is 44.7 Å². The van der Waals surface area contributed by atoms with Gasteiger partial charge in [-0.05, 0) is 67.3 Å². The molecule has 1 N–H and O–H groups in total. The van der Waals surface area contributed by atoms with Crippen LogP contribution in [0, 0.1) is 11.8 Å². The fourth-order valence-corrected chi connectivity index (χ4v) is 4.53. The second-order valence-electron chi connectivity index (χ2n) is 7.45. The molecule has 4 nitrogen and oxygen atoms in total. The third-order valence-electron chi connectivity index (χ3n) is 6.04. The number of nitrogens with one attached hydrogen (secondary N) is 1. The lowest BCUT2D eigenvalue weighted by atomic mass is 9.92. The lowest BCUT2D eigenvalue weighted by Gasteiger charge is -2.20. The number of carbonyl (C=O) groups excluding carboxylic acids is 1. The Kier molecular flexibility index (Phi) is 4.97. The van der Waals surface area contributed by atoms with Crippen LogP contribution in [0.25, 0.3) is 0 Å². The highest BCUT2D eigenvalue weighted by molar-refractivity contribution is 5.86. The summed E-state index contributed by atoms with van der Waals surface area (Å²) in [5.41, 5.74) is 7.73. The van der Waals surface area contributed by atoms with Crippen LogP contribution in [0.4, 0.5) is 5.69 Å². The molecule has 4 heteroatoms. The Balaban J connectivity index is 1.35. The van der Waals surface area contributed by atoms with E-state index < -0.39 is 0 Å². The van der Waals surface area contributed by atoms with Gasteiger partial charge in [0.05, 0.1) is 12.1 Å². The van der Waals surface area contributed by atoms with Gasteiger partial charge in [-0.2, -0.15) is 5.10 Å². The maximum absolute atomic E-state index is 12.6. The molecule has 1 saturated carbocycles. The second-order valence-corrected chi connectivity index (χ2v) is 7.45. The third-order valence-corrected chi connectivity index (χ3v) is 6.04. The largest absolute Gasteiger partial charge is 0.372 e. The molecule has 0 aliphatic heterocycles. The van der Waals surface area contributed by atoms with Crippen molar-refractivity contribution >= 4 is 17.8 Å². The molecule has 4 rings (SSSR count). The first-order valence-electron chi connectivity index (χ1n) is 9.98. The van der Waals surface area contributed by atoms with Crippen molar-refractivity contribution < 1.29 is 4.79 Å². The summed E-state index contributed by atoms with van der Waals surface area (Å²) >= 11 is 0. The summed E-state index contributed by atoms with van der Waals surface area (Å²) in [6, 6.07) is 16.8. The van der Waals surface area contributed by atoms with E-state index >= 15 is 0 Å². The fourth-order valence-electron chi connectivity index (χ4n) is 4.53. The van der Waals surface area contributed by atoms with E-state index in [4.69, 9.17) is 0 Å². The van der Waals surface area contributed by atoms with E-state index in [0.29, 0.717) is 11.8 Å². The minimum absolute atomic E-state index is 0.0534. The van der Waals surface area contributed by atoms with Crippen LogP contribution in [-0.4, -0.2) is 25.2 Å². The van der Waals surface area contributed by atoms with Crippen molar-refractivity contribution in [3.8, 4) is 0 Å². The van der Waals surface area contributed by atoms with E-state index in [0.717, 1.165) is 31.5 Å². The predicted molar refractivity (Wildman–Crippen MR) is 110 cm³/mol. The zero-order valence-electron chi connectivity index (χ0n) is 16.1. The number of carbonyl (C=O) groups is 1. The van der Waals surface area contributed by atoms with Gasteiger partial charge in [0, 0.05) is 18.8 Å². The number of aryl methyl sites for hydroxylation is 1. The van der Waals surface area contributed by atoms with Crippen LogP contribution in [-0.2, 0) is 11.2 Å². The number of hydrogen-bond donors (Lipinski definition) is 1. The summed E-state index contributed by atoms with van der Waals surface area (Å²) in [6.07, 6.45) is 3.92. The highest BCUT2D eigenvalue weighted by Crippen LogP contribution is 2.59. The first-order chi connectivity index (χ1) is 13.2. The zero-order valence-corrected chi connectivity index (χ0v) is 16.1. The molecule has 0 spiro atoms. The van der Waals surface area contributed by atoms with E-state index in [2.05, 4.69) is 65.7 Å². The molecule has 0 heterocycles. The molecule has 2 aliphatic rings. The number of amides is 1. The van der Waals surface area contributed by atoms with Crippen molar-refractivity contribution in [2.75, 3.05) is 18.0 Å². The van der Waals surface area contributed by atoms with Crippen molar-refractivity contribution in [3.05, 3.63) is 65.2 Å². The van der Waals surface area contributed by atoms with Gasteiger partial charge >= 0.3 is 0 Å². The van der Waals surface area contributed by atoms with Gasteiger partial charge < -0.3 is 4.90 Å². The lowest BCUT2D eigenvalue weighted by Crippen LogP contribution is -2.21. The minimum atomic E-state index is 0.0534. The highest BCUT2D eigenvalue weighted by atomic mass is 16.2. The quantitative estimate of drug-likeness (QED) is 0.625. The van der Waals surface area contributed by atoms with Gasteiger partial charge in [0.25, 0.3) is 0 Å². The van der Waals surface area contributed by atoms with Crippen molar-refractivity contribution in [1.29, 1.82) is 0 Å². The number of benzene rings is 2. The minimum Gasteiger partial charge on any atom is -0.372 e. The van der Waals surface area contributed by atoms with E-state index in [1.165, 1.54) is 16.8 Å². The Morgan fingerprint density at radius 3 is 2.63 bits per heavy atom. The second kappa shape index (κ2) is 7.55. The van der Waals surface area contributed by atoms with Gasteiger partial charge in [-0.25, -0.2) is 5.43 Å². The lowest BCUT2D eigenvalue weighted by molar-refractivity contribution is -0.122. The molecular weight excluding hydrogens is 334 g/mol. The maximum Gasteiger partial charge on any atom is 0.244 e. The fraction of sp³-hybridized carbons (Fsp3) is 0.391. The van der Waals surface area contributed by atoms with Gasteiger partial charge in [0.15, 0.2) is 0 Å². The molecule has 0 radical (unpaired) electrons. The number of anilines is 1. The number of rotatable bonds is 6. The summed E-state index contributed by atoms with van der Waals surface area (Å²) in [5.74, 6) is 1.01. The van der Waals surface area contributed by atoms with E-state index in [1.54, 1.807) is 6.21 Å². The Labute approximate surface area is 161 Å². The number of hydrogen-bond acceptors (Lipinski definition) is 3. The van der Waals surface area contributed by atoms with Gasteiger partial charge in [-0.3, -0.25) is 4.79 Å². The Bertz CT molecular complexity index is 839. The molecule has 2 aromatic rings. The molecule has 0 aromatic heterocycles. The van der Waals surface area contributed by atoms with Crippen LogP contribution in [0.2, 0.25) is 0 Å². The van der Waals surface area contributed by atoms with Crippen LogP contribution >= 0.6 is 0 Å². The van der Waals surface area contributed by atoms with E-state index in [-0.39, 0.29) is 11.8 Å². The van der Waals surface area contributed by atoms with Crippen molar-refractivity contribution in [2.24, 2.45) is 16.9 Å². The molecule has 0 bridgehead atoms. The summed E-state index contributed by atoms with van der Waals surface area (Å²) in [4.78, 5) is 14.9. The molecule has 2 aliphatic carbocycles. The summed E-state index contributed by atoms with van der Waals surface area (Å²) < 4.78 is 0. The molecular formula is C23H27N3O. The van der Waals surface area contributed by atoms with Gasteiger partial charge in [0.1, 0.15) is 0 Å². The van der Waals surface area contributed by atoms with Crippen molar-refractivity contribution in [3.63, 3.8) is 0 Å². The standard InChI is InChI=1S/C23H27N3O/c1-3-26(4-2)18-12-9-16(10-13-18)15-24-25-23(27)22-20-14-11-17-7-5-6-8-19(17)21(20)22/h5-10,12-13,15,20-22H,3-4,11,14H2,1-2H3,(H,25,27)/b24-15-/t20-,21+,22-/m1/s1. The number of hydrazone groups is 1. The Morgan fingerprint density at radius 1 is 1.15 bits per heavy atom. The molecule has 140 valence electrons. The Morgan fingerprint density at radius 2 is 1.89 bits per heavy atom.